The van der Waals surface area contributed by atoms with Crippen LogP contribution in [0.2, 0.25) is 0 Å². The molecule has 3 aromatic rings. The monoisotopic (exact) mass is 392 g/mol. The maximum atomic E-state index is 13.0. The first-order valence-corrected chi connectivity index (χ1v) is 10.5. The summed E-state index contributed by atoms with van der Waals surface area (Å²) in [5.74, 6) is 0. The molecule has 3 rings (SSSR count). The Morgan fingerprint density at radius 2 is 1.69 bits per heavy atom. The van der Waals surface area contributed by atoms with Crippen molar-refractivity contribution in [3.8, 4) is 0 Å². The average molecular weight is 392 g/mol. The Hall–Kier alpha value is -2.49. The van der Waals surface area contributed by atoms with Crippen LogP contribution in [-0.4, -0.2) is 30.3 Å². The Bertz CT molecular complexity index is 1130. The molecule has 9 heteroatoms. The standard InChI is InChI=1S/C17H16N2O5S2/c1-13-5-7-16(8-6-13)25(20,21)19-12-17(26(22,23)24)11-15(19)10-14-4-2-3-9-18-14/h2-9,11-12H,10H2,1H3,(H,22,23,24). The molecule has 2 aromatic heterocycles. The van der Waals surface area contributed by atoms with Gasteiger partial charge in [-0.05, 0) is 37.3 Å². The van der Waals surface area contributed by atoms with Gasteiger partial charge in [-0.2, -0.15) is 8.42 Å². The van der Waals surface area contributed by atoms with E-state index in [0.29, 0.717) is 5.69 Å². The van der Waals surface area contributed by atoms with E-state index in [1.165, 1.54) is 12.1 Å². The first-order chi connectivity index (χ1) is 12.2. The van der Waals surface area contributed by atoms with Gasteiger partial charge in [-0.3, -0.25) is 9.54 Å². The van der Waals surface area contributed by atoms with E-state index < -0.39 is 25.0 Å². The Kier molecular flexibility index (Phi) is 4.70. The third-order valence-corrected chi connectivity index (χ3v) is 6.35. The van der Waals surface area contributed by atoms with Crippen LogP contribution in [0.15, 0.2) is 70.7 Å². The first kappa shape index (κ1) is 18.3. The van der Waals surface area contributed by atoms with Crippen molar-refractivity contribution < 1.29 is 21.4 Å². The lowest BCUT2D eigenvalue weighted by molar-refractivity contribution is 0.483. The van der Waals surface area contributed by atoms with Crippen LogP contribution in [0.5, 0.6) is 0 Å². The lowest BCUT2D eigenvalue weighted by Gasteiger charge is -2.10. The Labute approximate surface area is 151 Å². The van der Waals surface area contributed by atoms with E-state index in [2.05, 4.69) is 4.98 Å². The summed E-state index contributed by atoms with van der Waals surface area (Å²) in [6, 6.07) is 12.5. The van der Waals surface area contributed by atoms with E-state index in [1.807, 2.05) is 6.92 Å². The molecule has 0 fully saturated rings. The molecule has 0 bridgehead atoms. The summed E-state index contributed by atoms with van der Waals surface area (Å²) in [7, 11) is -8.58. The van der Waals surface area contributed by atoms with Crippen LogP contribution in [0.25, 0.3) is 0 Å². The van der Waals surface area contributed by atoms with Crippen molar-refractivity contribution in [1.82, 2.24) is 8.96 Å². The van der Waals surface area contributed by atoms with Crippen LogP contribution in [0, 0.1) is 6.92 Å². The maximum Gasteiger partial charge on any atom is 0.296 e. The number of benzene rings is 1. The van der Waals surface area contributed by atoms with Crippen molar-refractivity contribution in [2.45, 2.75) is 23.1 Å². The van der Waals surface area contributed by atoms with Crippen molar-refractivity contribution in [3.05, 3.63) is 77.9 Å². The second kappa shape index (κ2) is 6.67. The molecule has 2 heterocycles. The van der Waals surface area contributed by atoms with Gasteiger partial charge in [-0.15, -0.1) is 0 Å². The summed E-state index contributed by atoms with van der Waals surface area (Å²) in [6.07, 6.45) is 2.55. The fourth-order valence-electron chi connectivity index (χ4n) is 2.47. The smallest absolute Gasteiger partial charge is 0.282 e. The number of aryl methyl sites for hydroxylation is 1. The van der Waals surface area contributed by atoms with Crippen molar-refractivity contribution in [2.75, 3.05) is 0 Å². The molecule has 0 aliphatic carbocycles. The van der Waals surface area contributed by atoms with Gasteiger partial charge in [0, 0.05) is 30.2 Å². The lowest BCUT2D eigenvalue weighted by atomic mass is 10.2. The van der Waals surface area contributed by atoms with Crippen molar-refractivity contribution >= 4 is 20.1 Å². The fraction of sp³-hybridized carbons (Fsp3) is 0.118. The van der Waals surface area contributed by atoms with Gasteiger partial charge in [0.15, 0.2) is 0 Å². The number of hydrogen-bond acceptors (Lipinski definition) is 5. The fourth-order valence-corrected chi connectivity index (χ4v) is 4.45. The summed E-state index contributed by atoms with van der Waals surface area (Å²) < 4.78 is 59.1. The minimum Gasteiger partial charge on any atom is -0.282 e. The van der Waals surface area contributed by atoms with Gasteiger partial charge in [0.2, 0.25) is 0 Å². The lowest BCUT2D eigenvalue weighted by Crippen LogP contribution is -2.15. The molecule has 0 atom stereocenters. The highest BCUT2D eigenvalue weighted by atomic mass is 32.2. The van der Waals surface area contributed by atoms with Gasteiger partial charge in [-0.1, -0.05) is 23.8 Å². The van der Waals surface area contributed by atoms with Crippen molar-refractivity contribution in [3.63, 3.8) is 0 Å². The van der Waals surface area contributed by atoms with Gasteiger partial charge in [-0.25, -0.2) is 12.4 Å². The van der Waals surface area contributed by atoms with Gasteiger partial charge in [0.05, 0.1) is 4.90 Å². The van der Waals surface area contributed by atoms with Crippen LogP contribution in [0.1, 0.15) is 17.0 Å². The zero-order valence-electron chi connectivity index (χ0n) is 13.8. The number of rotatable bonds is 5. The van der Waals surface area contributed by atoms with E-state index in [4.69, 9.17) is 0 Å². The first-order valence-electron chi connectivity index (χ1n) is 7.59. The van der Waals surface area contributed by atoms with Gasteiger partial charge < -0.3 is 0 Å². The SMILES string of the molecule is Cc1ccc(S(=O)(=O)n2cc(S(=O)(=O)O)cc2Cc2ccccn2)cc1. The highest BCUT2D eigenvalue weighted by molar-refractivity contribution is 7.90. The molecule has 0 amide bonds. The number of pyridine rings is 1. The highest BCUT2D eigenvalue weighted by Crippen LogP contribution is 2.23. The largest absolute Gasteiger partial charge is 0.296 e. The van der Waals surface area contributed by atoms with Crippen LogP contribution >= 0.6 is 0 Å². The third kappa shape index (κ3) is 3.69. The number of nitrogens with zero attached hydrogens (tertiary/aromatic N) is 2. The summed E-state index contributed by atoms with van der Waals surface area (Å²) in [4.78, 5) is 3.66. The highest BCUT2D eigenvalue weighted by Gasteiger charge is 2.24. The Morgan fingerprint density at radius 3 is 2.27 bits per heavy atom. The zero-order chi connectivity index (χ0) is 18.9. The average Bonchev–Trinajstić information content (AvgIpc) is 3.01. The minimum atomic E-state index is -4.55. The van der Waals surface area contributed by atoms with Gasteiger partial charge in [0.25, 0.3) is 20.1 Å². The van der Waals surface area contributed by atoms with Crippen LogP contribution in [0.3, 0.4) is 0 Å². The summed E-state index contributed by atoms with van der Waals surface area (Å²) in [6.45, 7) is 1.83. The summed E-state index contributed by atoms with van der Waals surface area (Å²) in [5, 5.41) is 0. The van der Waals surface area contributed by atoms with Crippen LogP contribution in [0.4, 0.5) is 0 Å². The van der Waals surface area contributed by atoms with E-state index in [1.54, 1.807) is 36.5 Å². The van der Waals surface area contributed by atoms with E-state index in [9.17, 15) is 21.4 Å². The zero-order valence-corrected chi connectivity index (χ0v) is 15.4. The molecular weight excluding hydrogens is 376 g/mol. The molecule has 136 valence electrons. The van der Waals surface area contributed by atoms with Crippen LogP contribution in [-0.2, 0) is 26.6 Å². The molecule has 0 saturated carbocycles. The second-order valence-corrected chi connectivity index (χ2v) is 8.99. The van der Waals surface area contributed by atoms with Crippen molar-refractivity contribution in [2.24, 2.45) is 0 Å². The quantitative estimate of drug-likeness (QED) is 0.668. The maximum absolute atomic E-state index is 13.0. The molecule has 1 aromatic carbocycles. The molecule has 0 unspecified atom stereocenters. The molecule has 7 nitrogen and oxygen atoms in total. The predicted molar refractivity (Wildman–Crippen MR) is 95.1 cm³/mol. The Morgan fingerprint density at radius 1 is 1.00 bits per heavy atom. The molecule has 0 spiro atoms. The molecule has 0 aliphatic rings. The third-order valence-electron chi connectivity index (χ3n) is 3.80. The van der Waals surface area contributed by atoms with E-state index >= 15 is 0 Å². The van der Waals surface area contributed by atoms with Crippen molar-refractivity contribution in [1.29, 1.82) is 0 Å². The molecule has 0 radical (unpaired) electrons. The Balaban J connectivity index is 2.15. The predicted octanol–water partition coefficient (Wildman–Crippen LogP) is 2.27. The normalized spacial score (nSPS) is 12.2. The molecule has 26 heavy (non-hydrogen) atoms. The van der Waals surface area contributed by atoms with Gasteiger partial charge >= 0.3 is 0 Å². The van der Waals surface area contributed by atoms with E-state index in [-0.39, 0.29) is 17.0 Å². The van der Waals surface area contributed by atoms with E-state index in [0.717, 1.165) is 21.8 Å². The minimum absolute atomic E-state index is 0.0165. The van der Waals surface area contributed by atoms with Gasteiger partial charge in [0.1, 0.15) is 4.90 Å². The number of aromatic nitrogens is 2. The molecule has 1 N–H and O–H groups in total. The summed E-state index contributed by atoms with van der Waals surface area (Å²) in [5.41, 5.74) is 1.63. The summed E-state index contributed by atoms with van der Waals surface area (Å²) >= 11 is 0. The van der Waals surface area contributed by atoms with Crippen LogP contribution < -0.4 is 0 Å². The molecule has 0 saturated heterocycles. The molecule has 0 aliphatic heterocycles. The molecular formula is C17H16N2O5S2. The second-order valence-electron chi connectivity index (χ2n) is 5.75. The topological polar surface area (TPSA) is 106 Å². The number of hydrogen-bond donors (Lipinski definition) is 1.